The molecule has 0 saturated heterocycles. The highest BCUT2D eigenvalue weighted by Gasteiger charge is 2.42. The average molecular weight is 399 g/mol. The lowest BCUT2D eigenvalue weighted by atomic mass is 9.76. The van der Waals surface area contributed by atoms with Crippen molar-refractivity contribution in [3.8, 4) is 5.75 Å². The molecule has 0 aromatic heterocycles. The van der Waals surface area contributed by atoms with Crippen LogP contribution in [-0.2, 0) is 20.4 Å². The van der Waals surface area contributed by atoms with Gasteiger partial charge in [0.25, 0.3) is 0 Å². The lowest BCUT2D eigenvalue weighted by Crippen LogP contribution is -2.53. The molecule has 1 amide bonds. The number of aliphatic hydroxyl groups is 1. The Morgan fingerprint density at radius 2 is 1.96 bits per heavy atom. The minimum atomic E-state index is -3.48. The molecule has 2 rings (SSSR count). The lowest BCUT2D eigenvalue weighted by molar-refractivity contribution is -0.119. The van der Waals surface area contributed by atoms with Gasteiger partial charge in [-0.3, -0.25) is 4.79 Å². The van der Waals surface area contributed by atoms with Gasteiger partial charge in [0.15, 0.2) is 0 Å². The normalized spacial score (nSPS) is 23.2. The van der Waals surface area contributed by atoms with Crippen LogP contribution in [0.5, 0.6) is 5.75 Å². The largest absolute Gasteiger partial charge is 0.492 e. The zero-order chi connectivity index (χ0) is 20.1. The highest BCUT2D eigenvalue weighted by Crippen LogP contribution is 2.38. The molecule has 2 atom stereocenters. The van der Waals surface area contributed by atoms with Gasteiger partial charge in [-0.05, 0) is 44.4 Å². The van der Waals surface area contributed by atoms with Crippen molar-refractivity contribution < 1.29 is 23.1 Å². The lowest BCUT2D eigenvalue weighted by Gasteiger charge is -2.41. The van der Waals surface area contributed by atoms with E-state index in [1.54, 1.807) is 38.1 Å². The van der Waals surface area contributed by atoms with Crippen molar-refractivity contribution in [3.63, 3.8) is 0 Å². The van der Waals surface area contributed by atoms with Gasteiger partial charge < -0.3 is 15.2 Å². The van der Waals surface area contributed by atoms with Crippen LogP contribution in [0.15, 0.2) is 24.3 Å². The van der Waals surface area contributed by atoms with Crippen LogP contribution in [0.4, 0.5) is 0 Å². The van der Waals surface area contributed by atoms with E-state index in [2.05, 4.69) is 10.0 Å². The van der Waals surface area contributed by atoms with Crippen LogP contribution in [-0.4, -0.2) is 43.9 Å². The fourth-order valence-corrected chi connectivity index (χ4v) is 4.21. The third kappa shape index (κ3) is 5.67. The van der Waals surface area contributed by atoms with Crippen LogP contribution in [0.2, 0.25) is 0 Å². The number of rotatable bonds is 8. The summed E-state index contributed by atoms with van der Waals surface area (Å²) in [6.45, 7) is 5.46. The summed E-state index contributed by atoms with van der Waals surface area (Å²) in [6, 6.07) is 6.50. The molecule has 1 saturated carbocycles. The fourth-order valence-electron chi connectivity index (χ4n) is 3.23. The Bertz CT molecular complexity index is 733. The number of nitrogens with one attached hydrogen (secondary N) is 2. The van der Waals surface area contributed by atoms with Gasteiger partial charge in [-0.2, -0.15) is 0 Å². The van der Waals surface area contributed by atoms with Crippen molar-refractivity contribution in [1.82, 2.24) is 10.0 Å². The first-order chi connectivity index (χ1) is 12.6. The molecule has 0 aliphatic heterocycles. The predicted molar refractivity (Wildman–Crippen MR) is 104 cm³/mol. The van der Waals surface area contributed by atoms with Crippen molar-refractivity contribution in [1.29, 1.82) is 0 Å². The molecular weight excluding hydrogens is 368 g/mol. The monoisotopic (exact) mass is 398 g/mol. The first kappa shape index (κ1) is 21.7. The summed E-state index contributed by atoms with van der Waals surface area (Å²) in [4.78, 5) is 10.8. The summed E-state index contributed by atoms with van der Waals surface area (Å²) in [5, 5.41) is 13.4. The van der Waals surface area contributed by atoms with Gasteiger partial charge in [0.05, 0.1) is 17.8 Å². The van der Waals surface area contributed by atoms with E-state index in [-0.39, 0.29) is 5.91 Å². The third-order valence-electron chi connectivity index (χ3n) is 4.90. The van der Waals surface area contributed by atoms with E-state index < -0.39 is 26.9 Å². The molecule has 7 nitrogen and oxygen atoms in total. The fraction of sp³-hybridized carbons (Fsp3) is 0.632. The van der Waals surface area contributed by atoms with E-state index in [9.17, 15) is 18.3 Å². The highest BCUT2D eigenvalue weighted by molar-refractivity contribution is 7.90. The number of hydrogen-bond acceptors (Lipinski definition) is 5. The van der Waals surface area contributed by atoms with Crippen LogP contribution >= 0.6 is 0 Å². The van der Waals surface area contributed by atoms with Gasteiger partial charge in [-0.15, -0.1) is 0 Å². The van der Waals surface area contributed by atoms with Crippen molar-refractivity contribution in [2.24, 2.45) is 0 Å². The summed E-state index contributed by atoms with van der Waals surface area (Å²) in [5.41, 5.74) is -0.567. The quantitative estimate of drug-likeness (QED) is 0.578. The second-order valence-electron chi connectivity index (χ2n) is 7.29. The summed E-state index contributed by atoms with van der Waals surface area (Å²) in [6.07, 6.45) is 2.81. The summed E-state index contributed by atoms with van der Waals surface area (Å²) < 4.78 is 32.9. The molecular formula is C19H30N2O5S. The standard InChI is InChI=1S/C19H30N2O5S/c1-14(2)27(24,25)21-18-6-4-5-11-19(18,23)16-7-9-17(10-8-16)26-13-12-20-15(3)22/h7-10,14,18,21,23H,4-6,11-13H2,1-3H3,(H,20,22)/t18-,19?/m0/s1. The van der Waals surface area contributed by atoms with Crippen LogP contribution < -0.4 is 14.8 Å². The molecule has 1 aromatic carbocycles. The molecule has 0 spiro atoms. The first-order valence-electron chi connectivity index (χ1n) is 9.36. The van der Waals surface area contributed by atoms with E-state index in [1.807, 2.05) is 0 Å². The van der Waals surface area contributed by atoms with Gasteiger partial charge in [-0.1, -0.05) is 25.0 Å². The van der Waals surface area contributed by atoms with Crippen LogP contribution in [0, 0.1) is 0 Å². The van der Waals surface area contributed by atoms with Crippen molar-refractivity contribution in [2.75, 3.05) is 13.2 Å². The Hall–Kier alpha value is -1.64. The Balaban J connectivity index is 2.09. The number of ether oxygens (including phenoxy) is 1. The topological polar surface area (TPSA) is 105 Å². The van der Waals surface area contributed by atoms with Gasteiger partial charge in [-0.25, -0.2) is 13.1 Å². The molecule has 1 fully saturated rings. The molecule has 0 radical (unpaired) electrons. The Kier molecular flexibility index (Phi) is 7.25. The second-order valence-corrected chi connectivity index (χ2v) is 9.56. The molecule has 152 valence electrons. The Labute approximate surface area is 161 Å². The molecule has 1 aliphatic carbocycles. The minimum absolute atomic E-state index is 0.108. The Morgan fingerprint density at radius 3 is 2.56 bits per heavy atom. The molecule has 27 heavy (non-hydrogen) atoms. The zero-order valence-corrected chi connectivity index (χ0v) is 17.0. The van der Waals surface area contributed by atoms with Gasteiger partial charge >= 0.3 is 0 Å². The summed E-state index contributed by atoms with van der Waals surface area (Å²) in [7, 11) is -3.48. The van der Waals surface area contributed by atoms with E-state index >= 15 is 0 Å². The number of benzene rings is 1. The van der Waals surface area contributed by atoms with Crippen molar-refractivity contribution in [2.45, 2.75) is 63.3 Å². The van der Waals surface area contributed by atoms with Crippen LogP contribution in [0.3, 0.4) is 0 Å². The van der Waals surface area contributed by atoms with Crippen molar-refractivity contribution in [3.05, 3.63) is 29.8 Å². The number of sulfonamides is 1. The first-order valence-corrected chi connectivity index (χ1v) is 10.9. The molecule has 0 heterocycles. The maximum absolute atomic E-state index is 12.3. The van der Waals surface area contributed by atoms with Gasteiger partial charge in [0, 0.05) is 6.92 Å². The Morgan fingerprint density at radius 1 is 1.30 bits per heavy atom. The molecule has 1 aliphatic rings. The van der Waals surface area contributed by atoms with E-state index in [0.29, 0.717) is 37.3 Å². The number of carbonyl (C=O) groups is 1. The summed E-state index contributed by atoms with van der Waals surface area (Å²) >= 11 is 0. The van der Waals surface area contributed by atoms with E-state index in [1.165, 1.54) is 6.92 Å². The van der Waals surface area contributed by atoms with E-state index in [0.717, 1.165) is 12.8 Å². The van der Waals surface area contributed by atoms with Crippen molar-refractivity contribution >= 4 is 15.9 Å². The molecule has 3 N–H and O–H groups in total. The minimum Gasteiger partial charge on any atom is -0.492 e. The predicted octanol–water partition coefficient (Wildman–Crippen LogP) is 1.66. The maximum Gasteiger partial charge on any atom is 0.216 e. The highest BCUT2D eigenvalue weighted by atomic mass is 32.2. The zero-order valence-electron chi connectivity index (χ0n) is 16.2. The molecule has 8 heteroatoms. The smallest absolute Gasteiger partial charge is 0.216 e. The van der Waals surface area contributed by atoms with E-state index in [4.69, 9.17) is 4.74 Å². The number of hydrogen-bond donors (Lipinski definition) is 3. The van der Waals surface area contributed by atoms with Gasteiger partial charge in [0.1, 0.15) is 18.0 Å². The van der Waals surface area contributed by atoms with Crippen LogP contribution in [0.1, 0.15) is 52.0 Å². The molecule has 1 unspecified atom stereocenters. The maximum atomic E-state index is 12.3. The van der Waals surface area contributed by atoms with Crippen LogP contribution in [0.25, 0.3) is 0 Å². The number of carbonyl (C=O) groups excluding carboxylic acids is 1. The number of amides is 1. The SMILES string of the molecule is CC(=O)NCCOc1ccc(C2(O)CCCC[C@@H]2NS(=O)(=O)C(C)C)cc1. The average Bonchev–Trinajstić information content (AvgIpc) is 2.61. The third-order valence-corrected chi connectivity index (χ3v) is 6.76. The molecule has 1 aromatic rings. The second kappa shape index (κ2) is 9.03. The van der Waals surface area contributed by atoms with Gasteiger partial charge in [0.2, 0.25) is 15.9 Å². The molecule has 0 bridgehead atoms. The summed E-state index contributed by atoms with van der Waals surface area (Å²) in [5.74, 6) is 0.520.